The maximum Gasteiger partial charge on any atom is 0.231 e. The fraction of sp³-hybridized carbons (Fsp3) is 0. The molecule has 0 saturated heterocycles. The molecule has 19 heavy (non-hydrogen) atoms. The zero-order chi connectivity index (χ0) is 14.3. The van der Waals surface area contributed by atoms with Gasteiger partial charge in [-0.2, -0.15) is 0 Å². The first-order valence-electron chi connectivity index (χ1n) is 5.14. The molecule has 0 fully saturated rings. The minimum absolute atomic E-state index is 0.750. The highest BCUT2D eigenvalue weighted by molar-refractivity contribution is 5.30. The molecule has 2 rings (SSSR count). The van der Waals surface area contributed by atoms with E-state index in [4.69, 9.17) is 25.1 Å². The van der Waals surface area contributed by atoms with E-state index < -0.39 is 0 Å². The molecule has 0 amide bonds. The monoisotopic (exact) mass is 256 g/mol. The van der Waals surface area contributed by atoms with Gasteiger partial charge in [0, 0.05) is 0 Å². The van der Waals surface area contributed by atoms with Crippen LogP contribution in [0.1, 0.15) is 0 Å². The number of isocyanates is 2. The molecule has 0 aliphatic heterocycles. The Balaban J connectivity index is 0.000000465. The van der Waals surface area contributed by atoms with Crippen molar-refractivity contribution in [3.05, 3.63) is 60.7 Å². The van der Waals surface area contributed by atoms with Crippen LogP contribution in [0.5, 0.6) is 11.5 Å². The SMILES string of the molecule is N=C=O.N=C=O.c1ccc(Oc2ccccc2)cc1. The third-order valence-corrected chi connectivity index (χ3v) is 1.72. The number of ether oxygens (including phenoxy) is 1. The lowest BCUT2D eigenvalue weighted by atomic mass is 10.3. The first kappa shape index (κ1) is 16.0. The van der Waals surface area contributed by atoms with Gasteiger partial charge in [0.25, 0.3) is 0 Å². The van der Waals surface area contributed by atoms with Gasteiger partial charge in [-0.25, -0.2) is 20.4 Å². The Morgan fingerprint density at radius 1 is 0.684 bits per heavy atom. The molecular weight excluding hydrogens is 244 g/mol. The highest BCUT2D eigenvalue weighted by Crippen LogP contribution is 2.19. The Labute approximate surface area is 110 Å². The smallest absolute Gasteiger partial charge is 0.231 e. The van der Waals surface area contributed by atoms with Gasteiger partial charge in [0.15, 0.2) is 0 Å². The number of nitrogens with one attached hydrogen (secondary N) is 2. The molecule has 2 aromatic rings. The third-order valence-electron chi connectivity index (χ3n) is 1.72. The fourth-order valence-corrected chi connectivity index (χ4v) is 1.11. The van der Waals surface area contributed by atoms with Gasteiger partial charge in [0.05, 0.1) is 0 Å². The minimum Gasteiger partial charge on any atom is -0.457 e. The average Bonchev–Trinajstić information content (AvgIpc) is 2.43. The average molecular weight is 256 g/mol. The van der Waals surface area contributed by atoms with Crippen LogP contribution < -0.4 is 4.74 Å². The van der Waals surface area contributed by atoms with Crippen molar-refractivity contribution in [3.63, 3.8) is 0 Å². The number of carbonyl (C=O) groups excluding carboxylic acids is 2. The van der Waals surface area contributed by atoms with Gasteiger partial charge in [0.1, 0.15) is 11.5 Å². The largest absolute Gasteiger partial charge is 0.457 e. The predicted octanol–water partition coefficient (Wildman–Crippen LogP) is 3.28. The zero-order valence-corrected chi connectivity index (χ0v) is 10.00. The van der Waals surface area contributed by atoms with Gasteiger partial charge in [-0.05, 0) is 24.3 Å². The van der Waals surface area contributed by atoms with Crippen molar-refractivity contribution >= 4 is 12.2 Å². The van der Waals surface area contributed by atoms with Crippen molar-refractivity contribution in [2.45, 2.75) is 0 Å². The van der Waals surface area contributed by atoms with E-state index in [-0.39, 0.29) is 0 Å². The molecule has 0 aliphatic rings. The van der Waals surface area contributed by atoms with Crippen molar-refractivity contribution in [1.29, 1.82) is 10.8 Å². The molecule has 2 aromatic carbocycles. The van der Waals surface area contributed by atoms with E-state index in [0.717, 1.165) is 23.7 Å². The summed E-state index contributed by atoms with van der Waals surface area (Å²) in [4.78, 5) is 16.7. The van der Waals surface area contributed by atoms with Crippen LogP contribution in [0.4, 0.5) is 0 Å². The number of rotatable bonds is 2. The lowest BCUT2D eigenvalue weighted by Crippen LogP contribution is -1.81. The van der Waals surface area contributed by atoms with E-state index in [1.807, 2.05) is 60.7 Å². The van der Waals surface area contributed by atoms with Crippen LogP contribution in [0.3, 0.4) is 0 Å². The fourth-order valence-electron chi connectivity index (χ4n) is 1.11. The second-order valence-electron chi connectivity index (χ2n) is 2.93. The first-order chi connectivity index (χ1) is 9.28. The van der Waals surface area contributed by atoms with Gasteiger partial charge in [-0.3, -0.25) is 0 Å². The Bertz CT molecular complexity index is 465. The van der Waals surface area contributed by atoms with Crippen molar-refractivity contribution in [1.82, 2.24) is 0 Å². The van der Waals surface area contributed by atoms with Gasteiger partial charge in [-0.1, -0.05) is 36.4 Å². The maximum atomic E-state index is 8.35. The highest BCUT2D eigenvalue weighted by Gasteiger charge is 1.92. The Kier molecular flexibility index (Phi) is 9.67. The van der Waals surface area contributed by atoms with Crippen molar-refractivity contribution in [3.8, 4) is 11.5 Å². The van der Waals surface area contributed by atoms with Gasteiger partial charge < -0.3 is 4.74 Å². The Morgan fingerprint density at radius 2 is 0.947 bits per heavy atom. The standard InChI is InChI=1S/C12H10O.2CHNO/c1-3-7-11(8-4-1)13-12-9-5-2-6-10-12;2*2-1-3/h1-10H;2*2H. The molecule has 0 unspecified atom stereocenters. The van der Waals surface area contributed by atoms with Crippen molar-refractivity contribution in [2.75, 3.05) is 0 Å². The van der Waals surface area contributed by atoms with E-state index in [1.165, 1.54) is 0 Å². The summed E-state index contributed by atoms with van der Waals surface area (Å²) in [6.07, 6.45) is 1.50. The lowest BCUT2D eigenvalue weighted by Gasteiger charge is -2.03. The van der Waals surface area contributed by atoms with E-state index in [0.29, 0.717) is 0 Å². The van der Waals surface area contributed by atoms with E-state index in [9.17, 15) is 0 Å². The molecule has 0 aliphatic carbocycles. The van der Waals surface area contributed by atoms with E-state index >= 15 is 0 Å². The topological polar surface area (TPSA) is 91.1 Å². The first-order valence-corrected chi connectivity index (χ1v) is 5.14. The van der Waals surface area contributed by atoms with E-state index in [1.54, 1.807) is 0 Å². The van der Waals surface area contributed by atoms with Crippen LogP contribution in [-0.4, -0.2) is 12.2 Å². The van der Waals surface area contributed by atoms with Crippen molar-refractivity contribution in [2.24, 2.45) is 0 Å². The summed E-state index contributed by atoms with van der Waals surface area (Å²) in [5, 5.41) is 10.8. The molecule has 5 nitrogen and oxygen atoms in total. The molecule has 2 N–H and O–H groups in total. The van der Waals surface area contributed by atoms with E-state index in [2.05, 4.69) is 0 Å². The highest BCUT2D eigenvalue weighted by atomic mass is 16.5. The zero-order valence-electron chi connectivity index (χ0n) is 10.00. The summed E-state index contributed by atoms with van der Waals surface area (Å²) < 4.78 is 5.58. The van der Waals surface area contributed by atoms with Gasteiger partial charge in [0.2, 0.25) is 12.2 Å². The molecule has 0 radical (unpaired) electrons. The van der Waals surface area contributed by atoms with Crippen LogP contribution in [0, 0.1) is 10.8 Å². The van der Waals surface area contributed by atoms with Crippen LogP contribution in [0.2, 0.25) is 0 Å². The van der Waals surface area contributed by atoms with Crippen LogP contribution in [-0.2, 0) is 9.59 Å². The Morgan fingerprint density at radius 3 is 1.21 bits per heavy atom. The molecule has 5 heteroatoms. The summed E-state index contributed by atoms with van der Waals surface area (Å²) in [5.74, 6) is 1.74. The second kappa shape index (κ2) is 11.5. The number of para-hydroxylation sites is 2. The third kappa shape index (κ3) is 8.77. The summed E-state index contributed by atoms with van der Waals surface area (Å²) in [5.41, 5.74) is 0. The molecule has 0 heterocycles. The van der Waals surface area contributed by atoms with Crippen LogP contribution in [0.15, 0.2) is 60.7 Å². The maximum absolute atomic E-state index is 8.35. The molecule has 0 atom stereocenters. The summed E-state index contributed by atoms with van der Waals surface area (Å²) in [7, 11) is 0. The summed E-state index contributed by atoms with van der Waals surface area (Å²) in [6, 6.07) is 19.5. The van der Waals surface area contributed by atoms with Crippen LogP contribution >= 0.6 is 0 Å². The quantitative estimate of drug-likeness (QED) is 0.638. The molecule has 0 aromatic heterocycles. The number of benzene rings is 2. The lowest BCUT2D eigenvalue weighted by molar-refractivity contribution is 0.482. The molecular formula is C14H12N2O3. The molecule has 0 spiro atoms. The predicted molar refractivity (Wildman–Crippen MR) is 69.8 cm³/mol. The normalized spacial score (nSPS) is 7.37. The molecule has 0 saturated carbocycles. The number of hydrogen-bond acceptors (Lipinski definition) is 5. The summed E-state index contributed by atoms with van der Waals surface area (Å²) in [6.45, 7) is 0. The van der Waals surface area contributed by atoms with Gasteiger partial charge in [-0.15, -0.1) is 0 Å². The summed E-state index contributed by atoms with van der Waals surface area (Å²) >= 11 is 0. The second-order valence-corrected chi connectivity index (χ2v) is 2.93. The van der Waals surface area contributed by atoms with Gasteiger partial charge >= 0.3 is 0 Å². The van der Waals surface area contributed by atoms with Crippen molar-refractivity contribution < 1.29 is 14.3 Å². The van der Waals surface area contributed by atoms with Crippen LogP contribution in [0.25, 0.3) is 0 Å². The number of hydrogen-bond donors (Lipinski definition) is 2. The molecule has 96 valence electrons. The minimum atomic E-state index is 0.750. The molecule has 0 bridgehead atoms. The Hall–Kier alpha value is -3.00.